The number of rotatable bonds is 2. The van der Waals surface area contributed by atoms with Crippen LogP contribution in [0.1, 0.15) is 10.8 Å². The molecule has 0 amide bonds. The maximum atomic E-state index is 4.47. The number of anilines is 1. The smallest absolute Gasteiger partial charge is 0.182 e. The maximum Gasteiger partial charge on any atom is 0.182 e. The molecule has 2 aromatic heterocycles. The third-order valence-corrected chi connectivity index (χ3v) is 4.98. The zero-order chi connectivity index (χ0) is 14.1. The Labute approximate surface area is 126 Å². The number of imidazole rings is 1. The van der Waals surface area contributed by atoms with E-state index in [-0.39, 0.29) is 0 Å². The molecule has 0 saturated carbocycles. The average molecular weight is 297 g/mol. The highest BCUT2D eigenvalue weighted by atomic mass is 32.2. The van der Waals surface area contributed by atoms with E-state index in [2.05, 4.69) is 55.2 Å². The molecule has 1 atom stereocenters. The first-order valence-corrected chi connectivity index (χ1v) is 8.02. The normalized spacial score (nSPS) is 19.0. The van der Waals surface area contributed by atoms with Crippen molar-refractivity contribution in [2.45, 2.75) is 5.25 Å². The van der Waals surface area contributed by atoms with Gasteiger partial charge in [-0.15, -0.1) is 0 Å². The van der Waals surface area contributed by atoms with E-state index in [0.29, 0.717) is 5.25 Å². The summed E-state index contributed by atoms with van der Waals surface area (Å²) in [6, 6.07) is 10.7. The van der Waals surface area contributed by atoms with Crippen LogP contribution in [0.2, 0.25) is 0 Å². The molecule has 4 rings (SSSR count). The number of aromatic nitrogens is 4. The molecule has 0 bridgehead atoms. The third kappa shape index (κ3) is 2.35. The Morgan fingerprint density at radius 2 is 2.05 bits per heavy atom. The van der Waals surface area contributed by atoms with Gasteiger partial charge in [0.2, 0.25) is 0 Å². The van der Waals surface area contributed by atoms with E-state index in [9.17, 15) is 0 Å². The van der Waals surface area contributed by atoms with Gasteiger partial charge in [0.05, 0.1) is 6.33 Å². The molecule has 1 fully saturated rings. The van der Waals surface area contributed by atoms with Crippen molar-refractivity contribution in [2.75, 3.05) is 23.7 Å². The lowest BCUT2D eigenvalue weighted by atomic mass is 10.1. The SMILES string of the molecule is c1ccc([C@@H]2CN(c3ncnc4nc[nH]c34)CCS2)cc1. The molecule has 3 heterocycles. The molecule has 106 valence electrons. The highest BCUT2D eigenvalue weighted by Crippen LogP contribution is 2.35. The number of nitrogens with zero attached hydrogens (tertiary/aromatic N) is 4. The molecule has 1 N–H and O–H groups in total. The number of hydrogen-bond acceptors (Lipinski definition) is 5. The molecule has 1 aliphatic heterocycles. The second kappa shape index (κ2) is 5.37. The van der Waals surface area contributed by atoms with Crippen molar-refractivity contribution in [3.63, 3.8) is 0 Å². The Morgan fingerprint density at radius 3 is 2.95 bits per heavy atom. The van der Waals surface area contributed by atoms with E-state index in [1.165, 1.54) is 5.56 Å². The van der Waals surface area contributed by atoms with Gasteiger partial charge in [-0.1, -0.05) is 30.3 Å². The van der Waals surface area contributed by atoms with Crippen molar-refractivity contribution in [2.24, 2.45) is 0 Å². The largest absolute Gasteiger partial charge is 0.352 e. The van der Waals surface area contributed by atoms with Gasteiger partial charge in [0.25, 0.3) is 0 Å². The highest BCUT2D eigenvalue weighted by molar-refractivity contribution is 7.99. The van der Waals surface area contributed by atoms with E-state index in [1.54, 1.807) is 12.7 Å². The molecule has 5 nitrogen and oxygen atoms in total. The van der Waals surface area contributed by atoms with Crippen LogP contribution >= 0.6 is 11.8 Å². The van der Waals surface area contributed by atoms with Gasteiger partial charge in [0, 0.05) is 24.1 Å². The molecular formula is C15H15N5S. The summed E-state index contributed by atoms with van der Waals surface area (Å²) in [5, 5.41) is 0.480. The summed E-state index contributed by atoms with van der Waals surface area (Å²) in [5.41, 5.74) is 3.04. The summed E-state index contributed by atoms with van der Waals surface area (Å²) in [4.78, 5) is 18.4. The lowest BCUT2D eigenvalue weighted by Crippen LogP contribution is -2.35. The zero-order valence-electron chi connectivity index (χ0n) is 11.4. The van der Waals surface area contributed by atoms with E-state index >= 15 is 0 Å². The molecule has 0 radical (unpaired) electrons. The molecule has 1 aliphatic rings. The second-order valence-corrected chi connectivity index (χ2v) is 6.33. The minimum Gasteiger partial charge on any atom is -0.352 e. The van der Waals surface area contributed by atoms with Gasteiger partial charge < -0.3 is 9.88 Å². The van der Waals surface area contributed by atoms with Crippen LogP contribution < -0.4 is 4.90 Å². The summed E-state index contributed by atoms with van der Waals surface area (Å²) >= 11 is 2.01. The van der Waals surface area contributed by atoms with Crippen molar-refractivity contribution >= 4 is 28.7 Å². The minimum atomic E-state index is 0.480. The van der Waals surface area contributed by atoms with Crippen LogP contribution in [-0.2, 0) is 0 Å². The first kappa shape index (κ1) is 12.6. The van der Waals surface area contributed by atoms with Gasteiger partial charge >= 0.3 is 0 Å². The first-order chi connectivity index (χ1) is 10.4. The molecule has 0 spiro atoms. The van der Waals surface area contributed by atoms with E-state index in [4.69, 9.17) is 0 Å². The standard InChI is InChI=1S/C15H15N5S/c1-2-4-11(5-3-1)12-8-20(6-7-21-12)15-13-14(17-9-16-13)18-10-19-15/h1-5,9-10,12H,6-8H2,(H,16,17,18,19)/t12-/m0/s1. The van der Waals surface area contributed by atoms with Gasteiger partial charge in [-0.2, -0.15) is 11.8 Å². The van der Waals surface area contributed by atoms with Crippen molar-refractivity contribution < 1.29 is 0 Å². The lowest BCUT2D eigenvalue weighted by Gasteiger charge is -2.33. The Balaban J connectivity index is 1.65. The van der Waals surface area contributed by atoms with Crippen LogP contribution in [0.3, 0.4) is 0 Å². The van der Waals surface area contributed by atoms with Crippen molar-refractivity contribution in [3.05, 3.63) is 48.5 Å². The molecule has 1 aromatic carbocycles. The Hall–Kier alpha value is -2.08. The quantitative estimate of drug-likeness (QED) is 0.788. The topological polar surface area (TPSA) is 57.7 Å². The number of thioether (sulfide) groups is 1. The van der Waals surface area contributed by atoms with Crippen LogP contribution in [0.25, 0.3) is 11.2 Å². The summed E-state index contributed by atoms with van der Waals surface area (Å²) in [6.07, 6.45) is 3.27. The van der Waals surface area contributed by atoms with Gasteiger partial charge in [-0.3, -0.25) is 0 Å². The average Bonchev–Trinajstić information content (AvgIpc) is 3.04. The molecule has 1 saturated heterocycles. The Morgan fingerprint density at radius 1 is 1.14 bits per heavy atom. The third-order valence-electron chi connectivity index (χ3n) is 3.74. The van der Waals surface area contributed by atoms with Crippen LogP contribution in [0.4, 0.5) is 5.82 Å². The molecule has 0 aliphatic carbocycles. The number of hydrogen-bond donors (Lipinski definition) is 1. The summed E-state index contributed by atoms with van der Waals surface area (Å²) in [5.74, 6) is 2.05. The molecule has 6 heteroatoms. The van der Waals surface area contributed by atoms with Crippen molar-refractivity contribution in [1.29, 1.82) is 0 Å². The molecule has 0 unspecified atom stereocenters. The molecule has 3 aromatic rings. The van der Waals surface area contributed by atoms with Gasteiger partial charge in [-0.25, -0.2) is 15.0 Å². The van der Waals surface area contributed by atoms with Crippen LogP contribution in [-0.4, -0.2) is 38.8 Å². The first-order valence-electron chi connectivity index (χ1n) is 6.97. The van der Waals surface area contributed by atoms with Gasteiger partial charge in [0.15, 0.2) is 11.5 Å². The predicted octanol–water partition coefficient (Wildman–Crippen LogP) is 2.65. The fourth-order valence-electron chi connectivity index (χ4n) is 2.70. The van der Waals surface area contributed by atoms with Crippen molar-refractivity contribution in [3.8, 4) is 0 Å². The maximum absolute atomic E-state index is 4.47. The van der Waals surface area contributed by atoms with E-state index in [0.717, 1.165) is 35.8 Å². The van der Waals surface area contributed by atoms with Crippen LogP contribution in [0, 0.1) is 0 Å². The lowest BCUT2D eigenvalue weighted by molar-refractivity contribution is 0.765. The fourth-order valence-corrected chi connectivity index (χ4v) is 3.95. The van der Waals surface area contributed by atoms with E-state index in [1.807, 2.05) is 11.8 Å². The molecular weight excluding hydrogens is 282 g/mol. The van der Waals surface area contributed by atoms with Gasteiger partial charge in [0.1, 0.15) is 11.8 Å². The predicted molar refractivity (Wildman–Crippen MR) is 85.5 cm³/mol. The minimum absolute atomic E-state index is 0.480. The van der Waals surface area contributed by atoms with Gasteiger partial charge in [-0.05, 0) is 5.56 Å². The second-order valence-electron chi connectivity index (χ2n) is 5.01. The van der Waals surface area contributed by atoms with E-state index < -0.39 is 0 Å². The summed E-state index contributed by atoms with van der Waals surface area (Å²) < 4.78 is 0. The number of nitrogens with one attached hydrogen (secondary N) is 1. The Bertz CT molecular complexity index is 742. The molecule has 21 heavy (non-hydrogen) atoms. The Kier molecular flexibility index (Phi) is 3.23. The van der Waals surface area contributed by atoms with Crippen LogP contribution in [0.15, 0.2) is 43.0 Å². The highest BCUT2D eigenvalue weighted by Gasteiger charge is 2.24. The number of fused-ring (bicyclic) bond motifs is 1. The number of aromatic amines is 1. The number of benzene rings is 1. The summed E-state index contributed by atoms with van der Waals surface area (Å²) in [6.45, 7) is 1.96. The number of H-pyrrole nitrogens is 1. The summed E-state index contributed by atoms with van der Waals surface area (Å²) in [7, 11) is 0. The van der Waals surface area contributed by atoms with Crippen molar-refractivity contribution in [1.82, 2.24) is 19.9 Å². The zero-order valence-corrected chi connectivity index (χ0v) is 12.3. The fraction of sp³-hybridized carbons (Fsp3) is 0.267. The monoisotopic (exact) mass is 297 g/mol. The van der Waals surface area contributed by atoms with Crippen LogP contribution in [0.5, 0.6) is 0 Å².